The lowest BCUT2D eigenvalue weighted by Gasteiger charge is -2.45. The second kappa shape index (κ2) is 5.63. The molecule has 1 fully saturated rings. The van der Waals surface area contributed by atoms with Crippen LogP contribution in [0, 0.1) is 13.8 Å². The van der Waals surface area contributed by atoms with Gasteiger partial charge in [-0.25, -0.2) is 0 Å². The third-order valence-corrected chi connectivity index (χ3v) is 4.49. The van der Waals surface area contributed by atoms with Crippen LogP contribution in [0.5, 0.6) is 0 Å². The average molecular weight is 334 g/mol. The summed E-state index contributed by atoms with van der Waals surface area (Å²) in [4.78, 5) is 13.7. The molecule has 0 aromatic heterocycles. The lowest BCUT2D eigenvalue weighted by molar-refractivity contribution is -0.137. The molecule has 24 heavy (non-hydrogen) atoms. The standard InChI is InChI=1S/C18H17F3N2O/c1-10-3-8-14(9-11(10)2)23-16(15(22)17(23)24)12-4-6-13(7-5-12)18(19,20)21/h3-9,15-16H,22H2,1-2H3/t15-,16-/m0/s1. The minimum absolute atomic E-state index is 0.233. The first-order chi connectivity index (χ1) is 11.2. The number of β-lactam (4-membered cyclic amide) rings is 1. The number of carbonyl (C=O) groups excluding carboxylic acids is 1. The third kappa shape index (κ3) is 2.67. The monoisotopic (exact) mass is 334 g/mol. The molecule has 2 aromatic carbocycles. The van der Waals surface area contributed by atoms with Crippen molar-refractivity contribution in [2.24, 2.45) is 5.73 Å². The van der Waals surface area contributed by atoms with Crippen LogP contribution in [0.15, 0.2) is 42.5 Å². The van der Waals surface area contributed by atoms with Crippen molar-refractivity contribution >= 4 is 11.6 Å². The lowest BCUT2D eigenvalue weighted by atomic mass is 9.87. The van der Waals surface area contributed by atoms with E-state index in [9.17, 15) is 18.0 Å². The number of hydrogen-bond acceptors (Lipinski definition) is 2. The van der Waals surface area contributed by atoms with Crippen LogP contribution in [0.4, 0.5) is 18.9 Å². The number of nitrogens with zero attached hydrogens (tertiary/aromatic N) is 1. The topological polar surface area (TPSA) is 46.3 Å². The highest BCUT2D eigenvalue weighted by atomic mass is 19.4. The first-order valence-electron chi connectivity index (χ1n) is 7.53. The molecule has 1 aliphatic heterocycles. The van der Waals surface area contributed by atoms with E-state index in [1.165, 1.54) is 12.1 Å². The minimum atomic E-state index is -4.39. The maximum absolute atomic E-state index is 12.7. The Bertz CT molecular complexity index is 784. The summed E-state index contributed by atoms with van der Waals surface area (Å²) in [5.41, 5.74) is 8.61. The summed E-state index contributed by atoms with van der Waals surface area (Å²) in [5, 5.41) is 0. The van der Waals surface area contributed by atoms with Crippen molar-refractivity contribution in [3.63, 3.8) is 0 Å². The van der Waals surface area contributed by atoms with Crippen LogP contribution >= 0.6 is 0 Å². The van der Waals surface area contributed by atoms with Crippen molar-refractivity contribution < 1.29 is 18.0 Å². The van der Waals surface area contributed by atoms with Gasteiger partial charge in [-0.1, -0.05) is 18.2 Å². The zero-order valence-electron chi connectivity index (χ0n) is 13.3. The second-order valence-corrected chi connectivity index (χ2v) is 6.07. The molecule has 126 valence electrons. The third-order valence-electron chi connectivity index (χ3n) is 4.49. The molecule has 1 aliphatic rings. The van der Waals surface area contributed by atoms with Gasteiger partial charge in [-0.3, -0.25) is 4.79 Å². The fraction of sp³-hybridized carbons (Fsp3) is 0.278. The van der Waals surface area contributed by atoms with Gasteiger partial charge < -0.3 is 10.6 Å². The highest BCUT2D eigenvalue weighted by Gasteiger charge is 2.46. The summed E-state index contributed by atoms with van der Waals surface area (Å²) >= 11 is 0. The van der Waals surface area contributed by atoms with Crippen LogP contribution in [0.25, 0.3) is 0 Å². The SMILES string of the molecule is Cc1ccc(N2C(=O)[C@@H](N)[C@@H]2c2ccc(C(F)(F)F)cc2)cc1C. The van der Waals surface area contributed by atoms with Crippen molar-refractivity contribution in [2.75, 3.05) is 4.90 Å². The minimum Gasteiger partial charge on any atom is -0.318 e. The number of aryl methyl sites for hydroxylation is 2. The fourth-order valence-electron chi connectivity index (χ4n) is 2.90. The number of anilines is 1. The molecule has 1 amide bonds. The van der Waals surface area contributed by atoms with E-state index in [1.54, 1.807) is 4.90 Å². The Morgan fingerprint density at radius 1 is 1.00 bits per heavy atom. The smallest absolute Gasteiger partial charge is 0.318 e. The van der Waals surface area contributed by atoms with Gasteiger partial charge in [0.15, 0.2) is 0 Å². The highest BCUT2D eigenvalue weighted by molar-refractivity contribution is 6.05. The molecule has 0 bridgehead atoms. The Morgan fingerprint density at radius 2 is 1.62 bits per heavy atom. The van der Waals surface area contributed by atoms with Crippen LogP contribution in [0.2, 0.25) is 0 Å². The molecule has 6 heteroatoms. The molecule has 0 saturated carbocycles. The number of rotatable bonds is 2. The molecule has 0 spiro atoms. The lowest BCUT2D eigenvalue weighted by Crippen LogP contribution is -2.63. The van der Waals surface area contributed by atoms with Gasteiger partial charge >= 0.3 is 6.18 Å². The van der Waals surface area contributed by atoms with Crippen LogP contribution in [0.3, 0.4) is 0 Å². The summed E-state index contributed by atoms with van der Waals surface area (Å²) in [7, 11) is 0. The van der Waals surface area contributed by atoms with Gasteiger partial charge in [0.25, 0.3) is 0 Å². The number of hydrogen-bond donors (Lipinski definition) is 1. The molecule has 1 heterocycles. The van der Waals surface area contributed by atoms with Crippen LogP contribution in [-0.2, 0) is 11.0 Å². The van der Waals surface area contributed by atoms with Gasteiger partial charge in [-0.15, -0.1) is 0 Å². The average Bonchev–Trinajstić information content (AvgIpc) is 2.54. The van der Waals surface area contributed by atoms with E-state index in [4.69, 9.17) is 5.73 Å². The second-order valence-electron chi connectivity index (χ2n) is 6.07. The first-order valence-corrected chi connectivity index (χ1v) is 7.53. The molecule has 3 rings (SSSR count). The number of carbonyl (C=O) groups is 1. The maximum Gasteiger partial charge on any atom is 0.416 e. The van der Waals surface area contributed by atoms with E-state index in [-0.39, 0.29) is 5.91 Å². The van der Waals surface area contributed by atoms with Gasteiger partial charge in [0.2, 0.25) is 5.91 Å². The predicted molar refractivity (Wildman–Crippen MR) is 85.6 cm³/mol. The first kappa shape index (κ1) is 16.5. The quantitative estimate of drug-likeness (QED) is 0.851. The fourth-order valence-corrected chi connectivity index (χ4v) is 2.90. The summed E-state index contributed by atoms with van der Waals surface area (Å²) in [6.45, 7) is 3.91. The molecule has 2 atom stereocenters. The van der Waals surface area contributed by atoms with Gasteiger partial charge in [0, 0.05) is 5.69 Å². The van der Waals surface area contributed by atoms with Crippen molar-refractivity contribution in [1.29, 1.82) is 0 Å². The Kier molecular flexibility index (Phi) is 3.87. The Balaban J connectivity index is 1.94. The number of halogens is 3. The molecule has 2 N–H and O–H groups in total. The molecule has 0 radical (unpaired) electrons. The van der Waals surface area contributed by atoms with Gasteiger partial charge in [-0.2, -0.15) is 13.2 Å². The molecule has 2 aromatic rings. The van der Waals surface area contributed by atoms with Gasteiger partial charge in [0.1, 0.15) is 6.04 Å². The number of amides is 1. The molecular weight excluding hydrogens is 317 g/mol. The summed E-state index contributed by atoms with van der Waals surface area (Å²) in [5.74, 6) is -0.233. The zero-order chi connectivity index (χ0) is 17.6. The summed E-state index contributed by atoms with van der Waals surface area (Å²) < 4.78 is 38.1. The van der Waals surface area contributed by atoms with Gasteiger partial charge in [0.05, 0.1) is 11.6 Å². The molecule has 1 saturated heterocycles. The highest BCUT2D eigenvalue weighted by Crippen LogP contribution is 2.39. The summed E-state index contributed by atoms with van der Waals surface area (Å²) in [6, 6.07) is 9.21. The Hall–Kier alpha value is -2.34. The summed E-state index contributed by atoms with van der Waals surface area (Å²) in [6.07, 6.45) is -4.39. The van der Waals surface area contributed by atoms with Crippen LogP contribution in [-0.4, -0.2) is 11.9 Å². The van der Waals surface area contributed by atoms with Crippen molar-refractivity contribution in [3.05, 3.63) is 64.7 Å². The van der Waals surface area contributed by atoms with E-state index >= 15 is 0 Å². The number of benzene rings is 2. The van der Waals surface area contributed by atoms with E-state index in [2.05, 4.69) is 0 Å². The predicted octanol–water partition coefficient (Wildman–Crippen LogP) is 3.74. The zero-order valence-corrected chi connectivity index (χ0v) is 13.3. The Morgan fingerprint density at radius 3 is 2.17 bits per heavy atom. The molecule has 0 aliphatic carbocycles. The molecular formula is C18H17F3N2O. The molecule has 3 nitrogen and oxygen atoms in total. The van der Waals surface area contributed by atoms with Crippen molar-refractivity contribution in [1.82, 2.24) is 0 Å². The largest absolute Gasteiger partial charge is 0.416 e. The Labute approximate surface area is 137 Å². The van der Waals surface area contributed by atoms with Crippen LogP contribution < -0.4 is 10.6 Å². The van der Waals surface area contributed by atoms with E-state index < -0.39 is 23.8 Å². The van der Waals surface area contributed by atoms with Crippen molar-refractivity contribution in [2.45, 2.75) is 32.1 Å². The number of nitrogens with two attached hydrogens (primary N) is 1. The van der Waals surface area contributed by atoms with E-state index in [0.717, 1.165) is 23.3 Å². The normalized spacial score (nSPS) is 20.9. The van der Waals surface area contributed by atoms with Crippen LogP contribution in [0.1, 0.15) is 28.3 Å². The molecule has 0 unspecified atom stereocenters. The maximum atomic E-state index is 12.7. The van der Waals surface area contributed by atoms with Crippen molar-refractivity contribution in [3.8, 4) is 0 Å². The van der Waals surface area contributed by atoms with E-state index in [1.807, 2.05) is 32.0 Å². The van der Waals surface area contributed by atoms with E-state index in [0.29, 0.717) is 11.3 Å². The van der Waals surface area contributed by atoms with Gasteiger partial charge in [-0.05, 0) is 54.8 Å². The number of alkyl halides is 3.